The number of esters is 3. The van der Waals surface area contributed by atoms with Crippen molar-refractivity contribution >= 4 is 25.7 Å². The van der Waals surface area contributed by atoms with Crippen LogP contribution in [0.1, 0.15) is 201 Å². The van der Waals surface area contributed by atoms with Crippen LogP contribution in [0.2, 0.25) is 0 Å². The molecule has 0 saturated heterocycles. The second-order valence-electron chi connectivity index (χ2n) is 17.3. The van der Waals surface area contributed by atoms with Crippen molar-refractivity contribution in [1.29, 1.82) is 0 Å². The number of phosphoric ester groups is 1. The van der Waals surface area contributed by atoms with Gasteiger partial charge in [-0.25, -0.2) is 4.57 Å². The lowest BCUT2D eigenvalue weighted by Crippen LogP contribution is -2.30. The number of hydrogen-bond donors (Lipinski definition) is 2. The van der Waals surface area contributed by atoms with Gasteiger partial charge in [-0.05, 0) is 96.3 Å². The van der Waals surface area contributed by atoms with E-state index in [0.29, 0.717) is 19.3 Å². The fourth-order valence-corrected chi connectivity index (χ4v) is 7.44. The summed E-state index contributed by atoms with van der Waals surface area (Å²) in [5, 5.41) is 9.77. The van der Waals surface area contributed by atoms with Gasteiger partial charge in [-0.15, -0.1) is 0 Å². The van der Waals surface area contributed by atoms with Crippen molar-refractivity contribution in [3.8, 4) is 0 Å². The first-order valence-electron chi connectivity index (χ1n) is 26.8. The van der Waals surface area contributed by atoms with Gasteiger partial charge in [-0.1, -0.05) is 194 Å². The molecule has 11 nitrogen and oxygen atoms in total. The lowest BCUT2D eigenvalue weighted by Gasteiger charge is -2.21. The van der Waals surface area contributed by atoms with Gasteiger partial charge < -0.3 is 24.2 Å². The van der Waals surface area contributed by atoms with Crippen LogP contribution in [-0.4, -0.2) is 66.5 Å². The van der Waals surface area contributed by atoms with Crippen LogP contribution in [0.3, 0.4) is 0 Å². The topological polar surface area (TPSA) is 155 Å². The highest BCUT2D eigenvalue weighted by Gasteiger charge is 2.28. The standard InChI is InChI=1S/C58H95O11P/c1-4-7-10-13-16-19-22-24-26-27-29-31-34-37-40-43-46-49-58(62)69-55(51-65-56(60)47-44-41-38-35-32-21-18-15-12-9-6-3)53-67-70(63,64)66-52-54(50-59)68-57(61)48-45-42-39-36-33-30-28-25-23-20-17-14-11-8-5-2/h7-8,10-11,15-20,24-26,28,33,36,42,45,54-55,59H,4-6,9,12-14,21-23,27,29-32,34-35,37-41,43-44,46-53H2,1-3H3,(H,63,64)/b10-7-,11-8-,18-15-,19-16-,20-17-,26-24-,28-25-,36-33-,45-42-. The van der Waals surface area contributed by atoms with Crippen LogP contribution in [0.5, 0.6) is 0 Å². The van der Waals surface area contributed by atoms with Crippen LogP contribution in [0, 0.1) is 0 Å². The molecule has 3 unspecified atom stereocenters. The molecule has 0 aromatic rings. The van der Waals surface area contributed by atoms with E-state index in [4.69, 9.17) is 23.3 Å². The molecule has 0 radical (unpaired) electrons. The smallest absolute Gasteiger partial charge is 0.462 e. The zero-order valence-corrected chi connectivity index (χ0v) is 44.6. The van der Waals surface area contributed by atoms with Crippen LogP contribution in [-0.2, 0) is 42.2 Å². The summed E-state index contributed by atoms with van der Waals surface area (Å²) >= 11 is 0. The molecule has 0 spiro atoms. The minimum Gasteiger partial charge on any atom is -0.462 e. The molecule has 0 heterocycles. The number of carbonyl (C=O) groups is 3. The van der Waals surface area contributed by atoms with Gasteiger partial charge in [0.25, 0.3) is 0 Å². The molecule has 0 aliphatic heterocycles. The highest BCUT2D eigenvalue weighted by molar-refractivity contribution is 7.47. The summed E-state index contributed by atoms with van der Waals surface area (Å²) in [6.45, 7) is 4.22. The number of allylic oxidation sites excluding steroid dienone is 17. The summed E-state index contributed by atoms with van der Waals surface area (Å²) in [4.78, 5) is 48.3. The number of unbranched alkanes of at least 4 members (excludes halogenated alkanes) is 14. The maximum atomic E-state index is 12.9. The van der Waals surface area contributed by atoms with Crippen LogP contribution >= 0.6 is 7.82 Å². The first-order valence-corrected chi connectivity index (χ1v) is 28.3. The molecule has 0 aromatic carbocycles. The van der Waals surface area contributed by atoms with Crippen molar-refractivity contribution in [2.75, 3.05) is 26.4 Å². The fraction of sp³-hybridized carbons (Fsp3) is 0.638. The second kappa shape index (κ2) is 51.5. The van der Waals surface area contributed by atoms with Crippen molar-refractivity contribution in [3.05, 3.63) is 109 Å². The average molecular weight is 999 g/mol. The van der Waals surface area contributed by atoms with Gasteiger partial charge in [0.05, 0.1) is 26.2 Å². The van der Waals surface area contributed by atoms with Gasteiger partial charge in [0.2, 0.25) is 0 Å². The Bertz CT molecular complexity index is 1590. The van der Waals surface area contributed by atoms with E-state index in [1.165, 1.54) is 12.8 Å². The Labute approximate surface area is 425 Å². The Hall–Kier alpha value is -3.86. The second-order valence-corrected chi connectivity index (χ2v) is 18.7. The van der Waals surface area contributed by atoms with E-state index in [9.17, 15) is 28.9 Å². The van der Waals surface area contributed by atoms with Gasteiger partial charge in [0.1, 0.15) is 12.7 Å². The zero-order chi connectivity index (χ0) is 51.3. The third-order valence-electron chi connectivity index (χ3n) is 10.7. The number of rotatable bonds is 48. The molecule has 0 rings (SSSR count). The molecule has 0 fully saturated rings. The molecule has 12 heteroatoms. The first-order chi connectivity index (χ1) is 34.2. The minimum absolute atomic E-state index is 0.0607. The molecule has 0 aliphatic carbocycles. The summed E-state index contributed by atoms with van der Waals surface area (Å²) in [5.41, 5.74) is 0. The van der Waals surface area contributed by atoms with Gasteiger partial charge in [-0.2, -0.15) is 0 Å². The predicted octanol–water partition coefficient (Wildman–Crippen LogP) is 15.5. The molecular formula is C58H95O11P. The van der Waals surface area contributed by atoms with E-state index in [1.807, 2.05) is 18.2 Å². The maximum absolute atomic E-state index is 12.9. The van der Waals surface area contributed by atoms with Crippen molar-refractivity contribution in [3.63, 3.8) is 0 Å². The van der Waals surface area contributed by atoms with Crippen molar-refractivity contribution in [2.24, 2.45) is 0 Å². The van der Waals surface area contributed by atoms with Crippen molar-refractivity contribution < 1.29 is 52.2 Å². The molecular weight excluding hydrogens is 904 g/mol. The number of aliphatic hydroxyl groups excluding tert-OH is 1. The quantitative estimate of drug-likeness (QED) is 0.0197. The lowest BCUT2D eigenvalue weighted by molar-refractivity contribution is -0.161. The van der Waals surface area contributed by atoms with Crippen molar-refractivity contribution in [1.82, 2.24) is 0 Å². The SMILES string of the molecule is CC/C=C\C/C=C\C/C=C\C/C=C\C/C=C\CC(=O)OC(CO)COP(=O)(O)OCC(COC(=O)CCCCCCC/C=C\CCCC)OC(=O)CCCCCCCCC/C=C\C/C=C\C/C=C\CC. The Morgan fingerprint density at radius 1 is 0.429 bits per heavy atom. The molecule has 0 aromatic heterocycles. The number of ether oxygens (including phenoxy) is 3. The Kier molecular flexibility index (Phi) is 48.7. The molecule has 0 aliphatic rings. The largest absolute Gasteiger partial charge is 0.472 e. The van der Waals surface area contributed by atoms with Crippen LogP contribution < -0.4 is 0 Å². The predicted molar refractivity (Wildman–Crippen MR) is 288 cm³/mol. The van der Waals surface area contributed by atoms with E-state index in [1.54, 1.807) is 6.08 Å². The third-order valence-corrected chi connectivity index (χ3v) is 11.6. The van der Waals surface area contributed by atoms with Gasteiger partial charge in [0, 0.05) is 12.8 Å². The Morgan fingerprint density at radius 3 is 1.27 bits per heavy atom. The first kappa shape index (κ1) is 66.1. The summed E-state index contributed by atoms with van der Waals surface area (Å²) in [7, 11) is -4.78. The molecule has 0 bridgehead atoms. The maximum Gasteiger partial charge on any atom is 0.472 e. The molecule has 398 valence electrons. The summed E-state index contributed by atoms with van der Waals surface area (Å²) in [6.07, 6.45) is 60.8. The van der Waals surface area contributed by atoms with Crippen LogP contribution in [0.15, 0.2) is 109 Å². The Morgan fingerprint density at radius 2 is 0.800 bits per heavy atom. The van der Waals surface area contributed by atoms with Gasteiger partial charge in [0.15, 0.2) is 6.10 Å². The highest BCUT2D eigenvalue weighted by atomic mass is 31.2. The van der Waals surface area contributed by atoms with Crippen molar-refractivity contribution in [2.45, 2.75) is 213 Å². The van der Waals surface area contributed by atoms with E-state index in [0.717, 1.165) is 128 Å². The van der Waals surface area contributed by atoms with E-state index in [2.05, 4.69) is 106 Å². The number of phosphoric acid groups is 1. The van der Waals surface area contributed by atoms with Gasteiger partial charge >= 0.3 is 25.7 Å². The van der Waals surface area contributed by atoms with Crippen LogP contribution in [0.25, 0.3) is 0 Å². The summed E-state index contributed by atoms with van der Waals surface area (Å²) < 4.78 is 39.3. The monoisotopic (exact) mass is 999 g/mol. The fourth-order valence-electron chi connectivity index (χ4n) is 6.66. The molecule has 70 heavy (non-hydrogen) atoms. The normalized spacial score (nSPS) is 14.3. The molecule has 2 N–H and O–H groups in total. The summed E-state index contributed by atoms with van der Waals surface area (Å²) in [5.74, 6) is -1.64. The highest BCUT2D eigenvalue weighted by Crippen LogP contribution is 2.43. The van der Waals surface area contributed by atoms with E-state index in [-0.39, 0.29) is 25.9 Å². The average Bonchev–Trinajstić information content (AvgIpc) is 3.35. The van der Waals surface area contributed by atoms with Crippen LogP contribution in [0.4, 0.5) is 0 Å². The lowest BCUT2D eigenvalue weighted by atomic mass is 10.1. The number of aliphatic hydroxyl groups is 1. The van der Waals surface area contributed by atoms with E-state index >= 15 is 0 Å². The molecule has 3 atom stereocenters. The molecule has 0 saturated carbocycles. The van der Waals surface area contributed by atoms with Gasteiger partial charge in [-0.3, -0.25) is 23.4 Å². The summed E-state index contributed by atoms with van der Waals surface area (Å²) in [6, 6.07) is 0. The number of carbonyl (C=O) groups excluding carboxylic acids is 3. The minimum atomic E-state index is -4.78. The molecule has 0 amide bonds. The third kappa shape index (κ3) is 49.1. The Balaban J connectivity index is 4.83. The number of hydrogen-bond acceptors (Lipinski definition) is 10. The zero-order valence-electron chi connectivity index (χ0n) is 43.7. The van der Waals surface area contributed by atoms with E-state index < -0.39 is 57.8 Å².